The second-order valence-electron chi connectivity index (χ2n) is 8.30. The largest absolute Gasteiger partial charge is 0.494 e. The predicted octanol–water partition coefficient (Wildman–Crippen LogP) is 4.24. The monoisotopic (exact) mass is 466 g/mol. The Morgan fingerprint density at radius 1 is 0.529 bits per heavy atom. The number of hydrogen-bond donors (Lipinski definition) is 0. The normalized spacial score (nSPS) is 13.1. The molecule has 5 rings (SSSR count). The van der Waals surface area contributed by atoms with Crippen LogP contribution in [-0.2, 0) is 0 Å². The van der Waals surface area contributed by atoms with Gasteiger partial charge in [0.2, 0.25) is 0 Å². The smallest absolute Gasteiger partial charge is 0.189 e. The van der Waals surface area contributed by atoms with Crippen LogP contribution >= 0.6 is 0 Å². The number of fused-ring (bicyclic) bond motifs is 3. The molecule has 0 fully saturated rings. The van der Waals surface area contributed by atoms with E-state index in [2.05, 4.69) is 97.9 Å². The van der Waals surface area contributed by atoms with Gasteiger partial charge in [-0.1, -0.05) is 72.8 Å². The van der Waals surface area contributed by atoms with Gasteiger partial charge in [0.1, 0.15) is 17.2 Å². The van der Waals surface area contributed by atoms with Crippen LogP contribution in [0.5, 0.6) is 17.2 Å². The van der Waals surface area contributed by atoms with Gasteiger partial charge in [-0.05, 0) is 54.4 Å². The van der Waals surface area contributed by atoms with Crippen molar-refractivity contribution in [2.75, 3.05) is 19.8 Å². The lowest BCUT2D eigenvalue weighted by molar-refractivity contribution is 0.325. The Morgan fingerprint density at radius 3 is 1.68 bits per heavy atom. The molecule has 172 valence electrons. The fraction of sp³-hybridized carbons (Fsp3) is 0.200. The molecule has 0 spiro atoms. The highest BCUT2D eigenvalue weighted by Gasteiger charge is 2.52. The van der Waals surface area contributed by atoms with E-state index in [1.54, 1.807) is 0 Å². The lowest BCUT2D eigenvalue weighted by Crippen LogP contribution is -2.73. The molecule has 0 amide bonds. The Bertz CT molecular complexity index is 1250. The molecule has 4 aromatic carbocycles. The molecule has 3 nitrogen and oxygen atoms in total. The zero-order chi connectivity index (χ0) is 23.5. The van der Waals surface area contributed by atoms with Crippen molar-refractivity contribution in [3.8, 4) is 28.4 Å². The van der Waals surface area contributed by atoms with E-state index >= 15 is 0 Å². The number of hydrogen-bond acceptors (Lipinski definition) is 3. The van der Waals surface area contributed by atoms with E-state index in [1.807, 2.05) is 13.8 Å². The van der Waals surface area contributed by atoms with E-state index in [-0.39, 0.29) is 0 Å². The molecule has 34 heavy (non-hydrogen) atoms. The standard InChI is InChI=1S/C30H30O3Si/c1-4-31-22-20-26-25-18-13-19-27(32-5-2)29(25)34(23-14-9-7-10-15-23,24-16-11-8-12-17-24)30(26)28(21-22)33-6-3/h7-21H,4-6H2,1-3H3. The molecule has 1 aliphatic heterocycles. The first-order chi connectivity index (χ1) is 16.7. The molecule has 0 unspecified atom stereocenters. The van der Waals surface area contributed by atoms with E-state index in [0.717, 1.165) is 17.2 Å². The molecule has 0 saturated carbocycles. The highest BCUT2D eigenvalue weighted by molar-refractivity contribution is 7.22. The molecule has 1 heterocycles. The van der Waals surface area contributed by atoms with Gasteiger partial charge in [-0.25, -0.2) is 0 Å². The lowest BCUT2D eigenvalue weighted by Gasteiger charge is -2.33. The first-order valence-corrected chi connectivity index (χ1v) is 14.1. The summed E-state index contributed by atoms with van der Waals surface area (Å²) in [5.74, 6) is 2.70. The third kappa shape index (κ3) is 3.41. The zero-order valence-corrected chi connectivity index (χ0v) is 21.0. The second-order valence-corrected chi connectivity index (χ2v) is 12.0. The Labute approximate surface area is 203 Å². The summed E-state index contributed by atoms with van der Waals surface area (Å²) in [5.41, 5.74) is 2.40. The topological polar surface area (TPSA) is 27.7 Å². The van der Waals surface area contributed by atoms with Gasteiger partial charge in [0, 0.05) is 16.4 Å². The molecule has 0 aromatic heterocycles. The molecule has 0 N–H and O–H groups in total. The Hall–Kier alpha value is -3.50. The van der Waals surface area contributed by atoms with Crippen LogP contribution in [0.4, 0.5) is 0 Å². The quantitative estimate of drug-likeness (QED) is 0.320. The molecule has 0 bridgehead atoms. The van der Waals surface area contributed by atoms with Gasteiger partial charge in [-0.2, -0.15) is 0 Å². The number of ether oxygens (including phenoxy) is 3. The first kappa shape index (κ1) is 22.3. The van der Waals surface area contributed by atoms with Crippen molar-refractivity contribution in [2.45, 2.75) is 20.8 Å². The minimum Gasteiger partial charge on any atom is -0.494 e. The lowest BCUT2D eigenvalue weighted by atomic mass is 10.0. The van der Waals surface area contributed by atoms with Gasteiger partial charge in [-0.15, -0.1) is 0 Å². The van der Waals surface area contributed by atoms with Crippen molar-refractivity contribution < 1.29 is 14.2 Å². The Balaban J connectivity index is 1.99. The highest BCUT2D eigenvalue weighted by atomic mass is 28.3. The summed E-state index contributed by atoms with van der Waals surface area (Å²) in [6.45, 7) is 7.92. The molecule has 4 aromatic rings. The maximum Gasteiger partial charge on any atom is 0.189 e. The van der Waals surface area contributed by atoms with Crippen LogP contribution in [0.2, 0.25) is 0 Å². The van der Waals surface area contributed by atoms with Gasteiger partial charge in [0.05, 0.1) is 19.8 Å². The number of benzene rings is 4. The fourth-order valence-electron chi connectivity index (χ4n) is 5.37. The molecule has 4 heteroatoms. The molecule has 0 atom stereocenters. The number of rotatable bonds is 8. The molecular weight excluding hydrogens is 436 g/mol. The van der Waals surface area contributed by atoms with Crippen LogP contribution < -0.4 is 35.0 Å². The third-order valence-corrected chi connectivity index (χ3v) is 11.4. The van der Waals surface area contributed by atoms with Gasteiger partial charge >= 0.3 is 0 Å². The van der Waals surface area contributed by atoms with Crippen molar-refractivity contribution >= 4 is 28.8 Å². The van der Waals surface area contributed by atoms with Crippen LogP contribution in [-0.4, -0.2) is 27.9 Å². The summed E-state index contributed by atoms with van der Waals surface area (Å²) in [6.07, 6.45) is 0. The van der Waals surface area contributed by atoms with Crippen LogP contribution in [0.25, 0.3) is 11.1 Å². The van der Waals surface area contributed by atoms with Crippen LogP contribution in [0.3, 0.4) is 0 Å². The molecule has 0 saturated heterocycles. The highest BCUT2D eigenvalue weighted by Crippen LogP contribution is 2.38. The van der Waals surface area contributed by atoms with Crippen molar-refractivity contribution in [1.82, 2.24) is 0 Å². The van der Waals surface area contributed by atoms with Crippen LogP contribution in [0.15, 0.2) is 91.0 Å². The summed E-state index contributed by atoms with van der Waals surface area (Å²) in [4.78, 5) is 0. The SMILES string of the molecule is CCOc1cc(OCC)c2c(c1)-c1cccc(OCC)c1[Si]2(c1ccccc1)c1ccccc1. The summed E-state index contributed by atoms with van der Waals surface area (Å²) in [6, 6.07) is 32.5. The molecule has 0 aliphatic carbocycles. The van der Waals surface area contributed by atoms with E-state index < -0.39 is 8.07 Å². The van der Waals surface area contributed by atoms with E-state index in [4.69, 9.17) is 14.2 Å². The van der Waals surface area contributed by atoms with Crippen LogP contribution in [0.1, 0.15) is 20.8 Å². The molecule has 0 radical (unpaired) electrons. The van der Waals surface area contributed by atoms with Crippen molar-refractivity contribution in [3.63, 3.8) is 0 Å². The van der Waals surface area contributed by atoms with Crippen molar-refractivity contribution in [3.05, 3.63) is 91.0 Å². The molecule has 1 aliphatic rings. The van der Waals surface area contributed by atoms with Gasteiger partial charge < -0.3 is 14.2 Å². The zero-order valence-electron chi connectivity index (χ0n) is 20.0. The average Bonchev–Trinajstić information content (AvgIpc) is 3.18. The van der Waals surface area contributed by atoms with Crippen molar-refractivity contribution in [1.29, 1.82) is 0 Å². The maximum absolute atomic E-state index is 6.38. The van der Waals surface area contributed by atoms with E-state index in [9.17, 15) is 0 Å². The minimum atomic E-state index is -2.74. The predicted molar refractivity (Wildman–Crippen MR) is 143 cm³/mol. The van der Waals surface area contributed by atoms with E-state index in [0.29, 0.717) is 19.8 Å². The summed E-state index contributed by atoms with van der Waals surface area (Å²) >= 11 is 0. The molecular formula is C30H30O3Si. The maximum atomic E-state index is 6.38. The Morgan fingerprint density at radius 2 is 1.09 bits per heavy atom. The van der Waals surface area contributed by atoms with Crippen molar-refractivity contribution in [2.24, 2.45) is 0 Å². The summed E-state index contributed by atoms with van der Waals surface area (Å²) in [7, 11) is -2.74. The van der Waals surface area contributed by atoms with Gasteiger partial charge in [0.25, 0.3) is 0 Å². The fourth-order valence-corrected chi connectivity index (χ4v) is 10.8. The van der Waals surface area contributed by atoms with Crippen LogP contribution in [0, 0.1) is 0 Å². The average molecular weight is 467 g/mol. The summed E-state index contributed by atoms with van der Waals surface area (Å²) < 4.78 is 18.7. The first-order valence-electron chi connectivity index (χ1n) is 12.1. The van der Waals surface area contributed by atoms with Gasteiger partial charge in [-0.3, -0.25) is 0 Å². The Kier molecular flexibility index (Phi) is 6.16. The third-order valence-electron chi connectivity index (χ3n) is 6.47. The van der Waals surface area contributed by atoms with Gasteiger partial charge in [0.15, 0.2) is 8.07 Å². The van der Waals surface area contributed by atoms with E-state index in [1.165, 1.54) is 31.9 Å². The second kappa shape index (κ2) is 9.39. The minimum absolute atomic E-state index is 0.588. The summed E-state index contributed by atoms with van der Waals surface area (Å²) in [5, 5.41) is 5.20.